The first-order chi connectivity index (χ1) is 11.4. The first-order valence-electron chi connectivity index (χ1n) is 7.65. The number of rotatable bonds is 3. The van der Waals surface area contributed by atoms with Crippen LogP contribution < -0.4 is 10.2 Å². The lowest BCUT2D eigenvalue weighted by molar-refractivity contribution is -0.137. The molecule has 1 fully saturated rings. The van der Waals surface area contributed by atoms with Crippen LogP contribution in [0.5, 0.6) is 0 Å². The minimum Gasteiger partial charge on any atom is -0.356 e. The summed E-state index contributed by atoms with van der Waals surface area (Å²) in [5, 5.41) is 2.96. The van der Waals surface area contributed by atoms with Gasteiger partial charge in [-0.15, -0.1) is 0 Å². The lowest BCUT2D eigenvalue weighted by Crippen LogP contribution is -2.30. The number of nitrogens with one attached hydrogen (secondary N) is 1. The van der Waals surface area contributed by atoms with Crippen molar-refractivity contribution in [1.29, 1.82) is 0 Å². The molecule has 1 N–H and O–H groups in total. The molecule has 1 aromatic heterocycles. The summed E-state index contributed by atoms with van der Waals surface area (Å²) in [7, 11) is 0. The Morgan fingerprint density at radius 1 is 1.08 bits per heavy atom. The number of anilines is 3. The van der Waals surface area contributed by atoms with Gasteiger partial charge in [-0.05, 0) is 43.5 Å². The minimum atomic E-state index is -4.43. The largest absolute Gasteiger partial charge is 0.416 e. The Morgan fingerprint density at radius 2 is 1.83 bits per heavy atom. The Kier molecular flexibility index (Phi) is 4.80. The maximum absolute atomic E-state index is 12.8. The van der Waals surface area contributed by atoms with Gasteiger partial charge in [0.05, 0.1) is 16.3 Å². The molecule has 8 heteroatoms. The van der Waals surface area contributed by atoms with Crippen molar-refractivity contribution in [2.45, 2.75) is 25.4 Å². The number of hydrogen-bond donors (Lipinski definition) is 1. The van der Waals surface area contributed by atoms with Crippen LogP contribution in [0.2, 0.25) is 5.02 Å². The molecule has 1 saturated heterocycles. The van der Waals surface area contributed by atoms with E-state index in [4.69, 9.17) is 11.6 Å². The quantitative estimate of drug-likeness (QED) is 0.850. The third-order valence-electron chi connectivity index (χ3n) is 3.86. The Hall–Kier alpha value is -2.02. The Balaban J connectivity index is 1.83. The van der Waals surface area contributed by atoms with E-state index in [0.29, 0.717) is 0 Å². The van der Waals surface area contributed by atoms with E-state index >= 15 is 0 Å². The Morgan fingerprint density at radius 3 is 2.54 bits per heavy atom. The number of alkyl halides is 3. The summed E-state index contributed by atoms with van der Waals surface area (Å²) in [5.74, 6) is 0.981. The molecule has 0 atom stereocenters. The molecule has 2 heterocycles. The van der Waals surface area contributed by atoms with Crippen molar-refractivity contribution in [3.63, 3.8) is 0 Å². The molecule has 2 aromatic rings. The van der Waals surface area contributed by atoms with Crippen molar-refractivity contribution in [2.24, 2.45) is 0 Å². The molecule has 24 heavy (non-hydrogen) atoms. The fraction of sp³-hybridized carbons (Fsp3) is 0.375. The SMILES string of the molecule is FC(F)(F)c1ccc(Cl)c(Nc2nccc(N3CCCCC3)n2)c1. The zero-order valence-electron chi connectivity index (χ0n) is 12.8. The van der Waals surface area contributed by atoms with Crippen LogP contribution in [0.1, 0.15) is 24.8 Å². The van der Waals surface area contributed by atoms with Gasteiger partial charge in [-0.1, -0.05) is 11.6 Å². The van der Waals surface area contributed by atoms with E-state index in [1.807, 2.05) is 0 Å². The predicted octanol–water partition coefficient (Wildman–Crippen LogP) is 4.88. The monoisotopic (exact) mass is 356 g/mol. The number of halogens is 4. The van der Waals surface area contributed by atoms with Crippen molar-refractivity contribution >= 4 is 29.1 Å². The summed E-state index contributed by atoms with van der Waals surface area (Å²) < 4.78 is 38.5. The number of hydrogen-bond acceptors (Lipinski definition) is 4. The molecular formula is C16H16ClF3N4. The molecule has 1 aliphatic rings. The molecule has 3 rings (SSSR count). The number of benzene rings is 1. The summed E-state index contributed by atoms with van der Waals surface area (Å²) in [4.78, 5) is 10.6. The molecule has 0 bridgehead atoms. The van der Waals surface area contributed by atoms with Gasteiger partial charge in [-0.3, -0.25) is 0 Å². The van der Waals surface area contributed by atoms with E-state index in [1.165, 1.54) is 12.5 Å². The van der Waals surface area contributed by atoms with Gasteiger partial charge in [0, 0.05) is 19.3 Å². The first kappa shape index (κ1) is 16.8. The Bertz CT molecular complexity index is 715. The predicted molar refractivity (Wildman–Crippen MR) is 87.8 cm³/mol. The second-order valence-electron chi connectivity index (χ2n) is 5.60. The summed E-state index contributed by atoms with van der Waals surface area (Å²) in [6.07, 6.45) is 0.559. The van der Waals surface area contributed by atoms with Crippen LogP contribution in [-0.4, -0.2) is 23.1 Å². The van der Waals surface area contributed by atoms with Crippen molar-refractivity contribution < 1.29 is 13.2 Å². The van der Waals surface area contributed by atoms with E-state index < -0.39 is 11.7 Å². The van der Waals surface area contributed by atoms with Crippen LogP contribution in [0.3, 0.4) is 0 Å². The average molecular weight is 357 g/mol. The van der Waals surface area contributed by atoms with E-state index in [9.17, 15) is 13.2 Å². The molecule has 0 spiro atoms. The van der Waals surface area contributed by atoms with Crippen molar-refractivity contribution in [1.82, 2.24) is 9.97 Å². The zero-order valence-corrected chi connectivity index (χ0v) is 13.5. The normalized spacial score (nSPS) is 15.4. The molecule has 4 nitrogen and oxygen atoms in total. The highest BCUT2D eigenvalue weighted by atomic mass is 35.5. The van der Waals surface area contributed by atoms with E-state index in [1.54, 1.807) is 12.3 Å². The highest BCUT2D eigenvalue weighted by molar-refractivity contribution is 6.33. The average Bonchev–Trinajstić information content (AvgIpc) is 2.57. The van der Waals surface area contributed by atoms with Crippen LogP contribution >= 0.6 is 11.6 Å². The second-order valence-corrected chi connectivity index (χ2v) is 6.01. The molecular weight excluding hydrogens is 341 g/mol. The summed E-state index contributed by atoms with van der Waals surface area (Å²) in [6, 6.07) is 4.91. The van der Waals surface area contributed by atoms with E-state index in [0.717, 1.165) is 43.9 Å². The number of aromatic nitrogens is 2. The third kappa shape index (κ3) is 3.90. The molecule has 0 radical (unpaired) electrons. The molecule has 128 valence electrons. The molecule has 0 amide bonds. The van der Waals surface area contributed by atoms with Gasteiger partial charge < -0.3 is 10.2 Å². The van der Waals surface area contributed by atoms with Crippen LogP contribution in [0.4, 0.5) is 30.6 Å². The van der Waals surface area contributed by atoms with Gasteiger partial charge in [-0.2, -0.15) is 18.2 Å². The standard InChI is InChI=1S/C16H16ClF3N4/c17-12-5-4-11(16(18,19)20)10-13(12)22-15-21-7-6-14(23-15)24-8-2-1-3-9-24/h4-7,10H,1-3,8-9H2,(H,21,22,23). The van der Waals surface area contributed by atoms with Crippen molar-refractivity contribution in [2.75, 3.05) is 23.3 Å². The highest BCUT2D eigenvalue weighted by Gasteiger charge is 2.31. The lowest BCUT2D eigenvalue weighted by atomic mass is 10.1. The Labute approximate surface area is 142 Å². The molecule has 1 aromatic carbocycles. The number of piperidine rings is 1. The van der Waals surface area contributed by atoms with Crippen LogP contribution in [-0.2, 0) is 6.18 Å². The van der Waals surface area contributed by atoms with Crippen molar-refractivity contribution in [3.8, 4) is 0 Å². The summed E-state index contributed by atoms with van der Waals surface area (Å²) >= 11 is 5.99. The molecule has 0 unspecified atom stereocenters. The summed E-state index contributed by atoms with van der Waals surface area (Å²) in [5.41, 5.74) is -0.649. The fourth-order valence-corrected chi connectivity index (χ4v) is 2.79. The summed E-state index contributed by atoms with van der Waals surface area (Å²) in [6.45, 7) is 1.83. The van der Waals surface area contributed by atoms with Gasteiger partial charge in [0.25, 0.3) is 0 Å². The van der Waals surface area contributed by atoms with Crippen LogP contribution in [0.15, 0.2) is 30.5 Å². The number of nitrogens with zero attached hydrogens (tertiary/aromatic N) is 3. The third-order valence-corrected chi connectivity index (χ3v) is 4.19. The minimum absolute atomic E-state index is 0.127. The maximum atomic E-state index is 12.8. The highest BCUT2D eigenvalue weighted by Crippen LogP contribution is 2.34. The smallest absolute Gasteiger partial charge is 0.356 e. The van der Waals surface area contributed by atoms with Gasteiger partial charge in [-0.25, -0.2) is 4.98 Å². The van der Waals surface area contributed by atoms with Gasteiger partial charge in [0.15, 0.2) is 0 Å². The fourth-order valence-electron chi connectivity index (χ4n) is 2.63. The molecule has 0 aliphatic carbocycles. The zero-order chi connectivity index (χ0) is 17.2. The first-order valence-corrected chi connectivity index (χ1v) is 8.03. The van der Waals surface area contributed by atoms with Crippen LogP contribution in [0.25, 0.3) is 0 Å². The van der Waals surface area contributed by atoms with Gasteiger partial charge in [0.2, 0.25) is 5.95 Å². The van der Waals surface area contributed by atoms with E-state index in [2.05, 4.69) is 20.2 Å². The second kappa shape index (κ2) is 6.84. The molecule has 1 aliphatic heterocycles. The molecule has 0 saturated carbocycles. The van der Waals surface area contributed by atoms with Crippen LogP contribution in [0, 0.1) is 0 Å². The van der Waals surface area contributed by atoms with Gasteiger partial charge >= 0.3 is 6.18 Å². The maximum Gasteiger partial charge on any atom is 0.416 e. The topological polar surface area (TPSA) is 41.1 Å². The van der Waals surface area contributed by atoms with E-state index in [-0.39, 0.29) is 16.7 Å². The van der Waals surface area contributed by atoms with Crippen molar-refractivity contribution in [3.05, 3.63) is 41.0 Å². The van der Waals surface area contributed by atoms with Gasteiger partial charge in [0.1, 0.15) is 5.82 Å². The lowest BCUT2D eigenvalue weighted by Gasteiger charge is -2.27.